The minimum atomic E-state index is 0.602. The second kappa shape index (κ2) is 7.58. The Morgan fingerprint density at radius 1 is 1.10 bits per heavy atom. The van der Waals surface area contributed by atoms with E-state index < -0.39 is 0 Å². The highest BCUT2D eigenvalue weighted by Gasteiger charge is 2.00. The zero-order chi connectivity index (χ0) is 14.4. The second-order valence-corrected chi connectivity index (χ2v) is 5.94. The second-order valence-electron chi connectivity index (χ2n) is 5.02. The molecule has 0 atom stereocenters. The Morgan fingerprint density at radius 2 is 1.90 bits per heavy atom. The van der Waals surface area contributed by atoms with Crippen LogP contribution in [-0.2, 0) is 19.5 Å². The van der Waals surface area contributed by atoms with Gasteiger partial charge in [-0.3, -0.25) is 0 Å². The van der Waals surface area contributed by atoms with Crippen LogP contribution in [0.3, 0.4) is 0 Å². The fourth-order valence-electron chi connectivity index (χ4n) is 2.23. The average molecular weight is 333 g/mol. The summed E-state index contributed by atoms with van der Waals surface area (Å²) in [4.78, 5) is 0. The summed E-state index contributed by atoms with van der Waals surface area (Å²) < 4.78 is 1.15. The van der Waals surface area contributed by atoms with Gasteiger partial charge in [0.25, 0.3) is 0 Å². The van der Waals surface area contributed by atoms with Crippen LogP contribution in [0.4, 0.5) is 0 Å². The molecule has 2 aromatic rings. The summed E-state index contributed by atoms with van der Waals surface area (Å²) in [5.41, 5.74) is 10.9. The smallest absolute Gasteiger partial charge is 0.0205 e. The van der Waals surface area contributed by atoms with Crippen molar-refractivity contribution in [3.63, 3.8) is 0 Å². The maximum atomic E-state index is 5.66. The van der Waals surface area contributed by atoms with E-state index in [9.17, 15) is 0 Å². The largest absolute Gasteiger partial charge is 0.326 e. The first-order valence-corrected chi connectivity index (χ1v) is 7.72. The van der Waals surface area contributed by atoms with E-state index in [4.69, 9.17) is 5.73 Å². The highest BCUT2D eigenvalue weighted by Crippen LogP contribution is 2.16. The van der Waals surface area contributed by atoms with Crippen LogP contribution in [0.15, 0.2) is 46.9 Å². The number of rotatable bonds is 6. The number of halogens is 1. The van der Waals surface area contributed by atoms with Gasteiger partial charge >= 0.3 is 0 Å². The van der Waals surface area contributed by atoms with Gasteiger partial charge in [0, 0.05) is 17.6 Å². The Bertz CT molecular complexity index is 567. The number of aryl methyl sites for hydroxylation is 1. The van der Waals surface area contributed by atoms with E-state index in [1.54, 1.807) is 0 Å². The maximum absolute atomic E-state index is 5.66. The molecule has 0 fully saturated rings. The van der Waals surface area contributed by atoms with Crippen LogP contribution in [0.25, 0.3) is 0 Å². The molecular weight excluding hydrogens is 312 g/mol. The SMILES string of the molecule is Cc1ccc(Br)cc1CCNCc1cccc(CN)c1. The van der Waals surface area contributed by atoms with Gasteiger partial charge in [-0.1, -0.05) is 46.3 Å². The molecule has 106 valence electrons. The monoisotopic (exact) mass is 332 g/mol. The molecule has 3 N–H and O–H groups in total. The zero-order valence-electron chi connectivity index (χ0n) is 11.8. The Morgan fingerprint density at radius 3 is 2.70 bits per heavy atom. The average Bonchev–Trinajstić information content (AvgIpc) is 2.47. The van der Waals surface area contributed by atoms with Gasteiger partial charge in [0.15, 0.2) is 0 Å². The fraction of sp³-hybridized carbons (Fsp3) is 0.294. The fourth-order valence-corrected chi connectivity index (χ4v) is 2.64. The highest BCUT2D eigenvalue weighted by atomic mass is 79.9. The van der Waals surface area contributed by atoms with E-state index in [1.807, 2.05) is 0 Å². The van der Waals surface area contributed by atoms with Crippen LogP contribution in [0.1, 0.15) is 22.3 Å². The molecule has 0 spiro atoms. The number of benzene rings is 2. The van der Waals surface area contributed by atoms with Gasteiger partial charge in [0.1, 0.15) is 0 Å². The number of hydrogen-bond donors (Lipinski definition) is 2. The maximum Gasteiger partial charge on any atom is 0.0205 e. The Hall–Kier alpha value is -1.16. The van der Waals surface area contributed by atoms with E-state index >= 15 is 0 Å². The van der Waals surface area contributed by atoms with Gasteiger partial charge in [-0.25, -0.2) is 0 Å². The molecule has 2 nitrogen and oxygen atoms in total. The molecule has 0 bridgehead atoms. The first kappa shape index (κ1) is 15.2. The molecule has 0 saturated carbocycles. The third-order valence-corrected chi connectivity index (χ3v) is 3.93. The molecule has 2 aromatic carbocycles. The lowest BCUT2D eigenvalue weighted by atomic mass is 10.1. The molecule has 0 aliphatic carbocycles. The van der Waals surface area contributed by atoms with E-state index in [2.05, 4.69) is 70.6 Å². The molecular formula is C17H21BrN2. The number of nitrogens with one attached hydrogen (secondary N) is 1. The summed E-state index contributed by atoms with van der Waals surface area (Å²) in [6.07, 6.45) is 1.04. The summed E-state index contributed by atoms with van der Waals surface area (Å²) in [7, 11) is 0. The molecule has 3 heteroatoms. The van der Waals surface area contributed by atoms with Crippen molar-refractivity contribution >= 4 is 15.9 Å². The van der Waals surface area contributed by atoms with Crippen LogP contribution in [-0.4, -0.2) is 6.54 Å². The number of hydrogen-bond acceptors (Lipinski definition) is 2. The Balaban J connectivity index is 1.82. The molecule has 0 saturated heterocycles. The van der Waals surface area contributed by atoms with Crippen molar-refractivity contribution in [1.29, 1.82) is 0 Å². The van der Waals surface area contributed by atoms with E-state index in [-0.39, 0.29) is 0 Å². The molecule has 0 aliphatic rings. The standard InChI is InChI=1S/C17H21BrN2/c1-13-5-6-17(18)10-16(13)7-8-20-12-15-4-2-3-14(9-15)11-19/h2-6,9-10,20H,7-8,11-12,19H2,1H3. The summed E-state index contributed by atoms with van der Waals surface area (Å²) in [6.45, 7) is 4.63. The molecule has 0 radical (unpaired) electrons. The minimum Gasteiger partial charge on any atom is -0.326 e. The first-order valence-electron chi connectivity index (χ1n) is 6.92. The molecule has 2 rings (SSSR count). The van der Waals surface area contributed by atoms with Crippen LogP contribution < -0.4 is 11.1 Å². The van der Waals surface area contributed by atoms with Crippen molar-refractivity contribution in [2.75, 3.05) is 6.54 Å². The van der Waals surface area contributed by atoms with Crippen molar-refractivity contribution in [3.05, 3.63) is 69.2 Å². The van der Waals surface area contributed by atoms with Gasteiger partial charge in [0.05, 0.1) is 0 Å². The normalized spacial score (nSPS) is 10.8. The lowest BCUT2D eigenvalue weighted by Crippen LogP contribution is -2.17. The van der Waals surface area contributed by atoms with Gasteiger partial charge in [-0.2, -0.15) is 0 Å². The summed E-state index contributed by atoms with van der Waals surface area (Å²) in [5, 5.41) is 3.49. The third-order valence-electron chi connectivity index (χ3n) is 3.44. The third kappa shape index (κ3) is 4.44. The number of nitrogens with two attached hydrogens (primary N) is 1. The van der Waals surface area contributed by atoms with Crippen molar-refractivity contribution in [1.82, 2.24) is 5.32 Å². The minimum absolute atomic E-state index is 0.602. The Kier molecular flexibility index (Phi) is 5.77. The molecule has 0 heterocycles. The molecule has 0 aromatic heterocycles. The van der Waals surface area contributed by atoms with Gasteiger partial charge in [-0.15, -0.1) is 0 Å². The van der Waals surface area contributed by atoms with Crippen LogP contribution in [0.5, 0.6) is 0 Å². The van der Waals surface area contributed by atoms with E-state index in [0.29, 0.717) is 6.54 Å². The molecule has 20 heavy (non-hydrogen) atoms. The molecule has 0 unspecified atom stereocenters. The molecule has 0 amide bonds. The van der Waals surface area contributed by atoms with Gasteiger partial charge in [-0.05, 0) is 54.3 Å². The van der Waals surface area contributed by atoms with Crippen LogP contribution >= 0.6 is 15.9 Å². The van der Waals surface area contributed by atoms with Crippen molar-refractivity contribution in [2.24, 2.45) is 5.73 Å². The highest BCUT2D eigenvalue weighted by molar-refractivity contribution is 9.10. The quantitative estimate of drug-likeness (QED) is 0.794. The summed E-state index contributed by atoms with van der Waals surface area (Å²) in [6, 6.07) is 14.9. The first-order chi connectivity index (χ1) is 9.69. The van der Waals surface area contributed by atoms with Crippen molar-refractivity contribution < 1.29 is 0 Å². The topological polar surface area (TPSA) is 38.0 Å². The predicted octanol–water partition coefficient (Wildman–Crippen LogP) is 3.55. The Labute approximate surface area is 129 Å². The molecule has 0 aliphatic heterocycles. The predicted molar refractivity (Wildman–Crippen MR) is 88.6 cm³/mol. The lowest BCUT2D eigenvalue weighted by Gasteiger charge is -2.09. The van der Waals surface area contributed by atoms with E-state index in [0.717, 1.165) is 24.0 Å². The van der Waals surface area contributed by atoms with E-state index in [1.165, 1.54) is 22.3 Å². The van der Waals surface area contributed by atoms with Crippen molar-refractivity contribution in [3.8, 4) is 0 Å². The summed E-state index contributed by atoms with van der Waals surface area (Å²) >= 11 is 3.53. The van der Waals surface area contributed by atoms with Crippen molar-refractivity contribution in [2.45, 2.75) is 26.4 Å². The van der Waals surface area contributed by atoms with Crippen LogP contribution in [0, 0.1) is 6.92 Å². The zero-order valence-corrected chi connectivity index (χ0v) is 13.4. The lowest BCUT2D eigenvalue weighted by molar-refractivity contribution is 0.685. The van der Waals surface area contributed by atoms with Gasteiger partial charge < -0.3 is 11.1 Å². The summed E-state index contributed by atoms with van der Waals surface area (Å²) in [5.74, 6) is 0. The van der Waals surface area contributed by atoms with Gasteiger partial charge in [0.2, 0.25) is 0 Å². The van der Waals surface area contributed by atoms with Crippen LogP contribution in [0.2, 0.25) is 0 Å².